The number of nitrogens with two attached hydrogens (primary N) is 1. The van der Waals surface area contributed by atoms with Crippen molar-refractivity contribution in [3.05, 3.63) is 53.2 Å². The van der Waals surface area contributed by atoms with Crippen LogP contribution in [0.5, 0.6) is 5.88 Å². The van der Waals surface area contributed by atoms with E-state index in [9.17, 15) is 0 Å². The van der Waals surface area contributed by atoms with Gasteiger partial charge in [-0.05, 0) is 18.1 Å². The molecule has 0 spiro atoms. The summed E-state index contributed by atoms with van der Waals surface area (Å²) in [5.41, 5.74) is 7.68. The van der Waals surface area contributed by atoms with Crippen LogP contribution in [0.4, 0.5) is 5.69 Å². The number of nitrogen functional groups attached to an aromatic ring is 1. The normalized spacial score (nSPS) is 18.8. The fourth-order valence-electron chi connectivity index (χ4n) is 2.58. The maximum absolute atomic E-state index is 5.89. The van der Waals surface area contributed by atoms with E-state index in [1.165, 1.54) is 5.56 Å². The molecule has 21 heavy (non-hydrogen) atoms. The number of benzene rings is 1. The minimum Gasteiger partial charge on any atom is -0.471 e. The molecule has 1 saturated heterocycles. The first kappa shape index (κ1) is 14.2. The summed E-state index contributed by atoms with van der Waals surface area (Å²) < 4.78 is 5.89. The Morgan fingerprint density at radius 3 is 2.90 bits per heavy atom. The van der Waals surface area contributed by atoms with Gasteiger partial charge in [-0.25, -0.2) is 4.98 Å². The molecule has 110 valence electrons. The lowest BCUT2D eigenvalue weighted by Crippen LogP contribution is -2.25. The van der Waals surface area contributed by atoms with E-state index in [-0.39, 0.29) is 6.10 Å². The zero-order chi connectivity index (χ0) is 14.7. The Morgan fingerprint density at radius 2 is 2.14 bits per heavy atom. The molecule has 0 radical (unpaired) electrons. The highest BCUT2D eigenvalue weighted by atomic mass is 35.5. The number of nitrogens with zero attached hydrogens (tertiary/aromatic N) is 2. The number of anilines is 1. The van der Waals surface area contributed by atoms with E-state index in [1.807, 2.05) is 6.07 Å². The minimum absolute atomic E-state index is 0.129. The third kappa shape index (κ3) is 3.65. The van der Waals surface area contributed by atoms with Crippen LogP contribution in [0, 0.1) is 0 Å². The average molecular weight is 304 g/mol. The summed E-state index contributed by atoms with van der Waals surface area (Å²) in [5, 5.41) is 0.525. The van der Waals surface area contributed by atoms with E-state index in [0.717, 1.165) is 26.1 Å². The number of hydrogen-bond acceptors (Lipinski definition) is 4. The second kappa shape index (κ2) is 6.33. The third-order valence-electron chi connectivity index (χ3n) is 3.60. The number of aromatic nitrogens is 1. The SMILES string of the molecule is Nc1cc(Cl)cnc1OC1CCN(Cc2ccccc2)C1. The molecule has 1 atom stereocenters. The van der Waals surface area contributed by atoms with Gasteiger partial charge in [-0.3, -0.25) is 4.90 Å². The number of ether oxygens (including phenoxy) is 1. The standard InChI is InChI=1S/C16H18ClN3O/c17-13-8-15(18)16(19-9-13)21-14-6-7-20(11-14)10-12-4-2-1-3-5-12/h1-5,8-9,14H,6-7,10-11,18H2. The van der Waals surface area contributed by atoms with Crippen LogP contribution in [0.1, 0.15) is 12.0 Å². The van der Waals surface area contributed by atoms with Crippen LogP contribution in [-0.4, -0.2) is 29.1 Å². The number of likely N-dealkylation sites (tertiary alicyclic amines) is 1. The van der Waals surface area contributed by atoms with Gasteiger partial charge in [0.05, 0.1) is 10.7 Å². The maximum Gasteiger partial charge on any atom is 0.237 e. The lowest BCUT2D eigenvalue weighted by molar-refractivity contribution is 0.192. The van der Waals surface area contributed by atoms with E-state index >= 15 is 0 Å². The number of hydrogen-bond donors (Lipinski definition) is 1. The molecule has 2 aromatic rings. The van der Waals surface area contributed by atoms with Gasteiger partial charge in [-0.1, -0.05) is 41.9 Å². The van der Waals surface area contributed by atoms with E-state index in [4.69, 9.17) is 22.1 Å². The highest BCUT2D eigenvalue weighted by Crippen LogP contribution is 2.25. The molecule has 1 aliphatic rings. The average Bonchev–Trinajstić information content (AvgIpc) is 2.90. The molecule has 5 heteroatoms. The van der Waals surface area contributed by atoms with Crippen LogP contribution in [0.15, 0.2) is 42.6 Å². The molecular weight excluding hydrogens is 286 g/mol. The van der Waals surface area contributed by atoms with E-state index in [0.29, 0.717) is 16.6 Å². The summed E-state index contributed by atoms with van der Waals surface area (Å²) in [4.78, 5) is 6.53. The van der Waals surface area contributed by atoms with Crippen LogP contribution in [0.25, 0.3) is 0 Å². The number of halogens is 1. The molecule has 2 N–H and O–H groups in total. The Morgan fingerprint density at radius 1 is 1.33 bits per heavy atom. The van der Waals surface area contributed by atoms with Crippen LogP contribution in [-0.2, 0) is 6.54 Å². The lowest BCUT2D eigenvalue weighted by Gasteiger charge is -2.17. The van der Waals surface area contributed by atoms with E-state index in [2.05, 4.69) is 34.1 Å². The molecule has 1 fully saturated rings. The van der Waals surface area contributed by atoms with Crippen molar-refractivity contribution in [3.8, 4) is 5.88 Å². The maximum atomic E-state index is 5.89. The third-order valence-corrected chi connectivity index (χ3v) is 3.81. The number of pyridine rings is 1. The van der Waals surface area contributed by atoms with Crippen molar-refractivity contribution in [3.63, 3.8) is 0 Å². The topological polar surface area (TPSA) is 51.4 Å². The zero-order valence-corrected chi connectivity index (χ0v) is 12.5. The highest BCUT2D eigenvalue weighted by Gasteiger charge is 2.24. The van der Waals surface area contributed by atoms with Crippen molar-refractivity contribution < 1.29 is 4.74 Å². The first-order valence-electron chi connectivity index (χ1n) is 7.04. The summed E-state index contributed by atoms with van der Waals surface area (Å²) in [6, 6.07) is 12.1. The molecule has 1 aromatic carbocycles. The first-order chi connectivity index (χ1) is 10.2. The fourth-order valence-corrected chi connectivity index (χ4v) is 2.74. The van der Waals surface area contributed by atoms with Crippen LogP contribution >= 0.6 is 11.6 Å². The summed E-state index contributed by atoms with van der Waals surface area (Å²) in [6.07, 6.45) is 2.67. The van der Waals surface area contributed by atoms with Gasteiger partial charge in [-0.2, -0.15) is 0 Å². The lowest BCUT2D eigenvalue weighted by atomic mass is 10.2. The summed E-state index contributed by atoms with van der Waals surface area (Å²) in [7, 11) is 0. The molecule has 3 rings (SSSR count). The molecule has 4 nitrogen and oxygen atoms in total. The van der Waals surface area contributed by atoms with Crippen LogP contribution in [0.3, 0.4) is 0 Å². The fraction of sp³-hybridized carbons (Fsp3) is 0.312. The van der Waals surface area contributed by atoms with E-state index < -0.39 is 0 Å². The molecule has 1 unspecified atom stereocenters. The van der Waals surface area contributed by atoms with E-state index in [1.54, 1.807) is 12.3 Å². The van der Waals surface area contributed by atoms with Crippen molar-refractivity contribution in [1.29, 1.82) is 0 Å². The molecule has 1 aromatic heterocycles. The molecule has 0 bridgehead atoms. The van der Waals surface area contributed by atoms with Crippen molar-refractivity contribution in [2.45, 2.75) is 19.1 Å². The van der Waals surface area contributed by atoms with Crippen molar-refractivity contribution >= 4 is 17.3 Å². The Bertz CT molecular complexity index is 606. The monoisotopic (exact) mass is 303 g/mol. The summed E-state index contributed by atoms with van der Waals surface area (Å²) in [6.45, 7) is 2.86. The predicted octanol–water partition coefficient (Wildman–Crippen LogP) is 2.97. The second-order valence-corrected chi connectivity index (χ2v) is 5.73. The van der Waals surface area contributed by atoms with Crippen molar-refractivity contribution in [1.82, 2.24) is 9.88 Å². The van der Waals surface area contributed by atoms with Gasteiger partial charge >= 0.3 is 0 Å². The van der Waals surface area contributed by atoms with Gasteiger partial charge in [0.25, 0.3) is 0 Å². The molecule has 1 aliphatic heterocycles. The Labute approximate surface area is 129 Å². The Balaban J connectivity index is 1.57. The molecule has 0 aliphatic carbocycles. The first-order valence-corrected chi connectivity index (χ1v) is 7.42. The Kier molecular flexibility index (Phi) is 4.27. The smallest absolute Gasteiger partial charge is 0.237 e. The highest BCUT2D eigenvalue weighted by molar-refractivity contribution is 6.30. The second-order valence-electron chi connectivity index (χ2n) is 5.30. The predicted molar refractivity (Wildman–Crippen MR) is 84.4 cm³/mol. The summed E-state index contributed by atoms with van der Waals surface area (Å²) >= 11 is 5.84. The van der Waals surface area contributed by atoms with Gasteiger partial charge in [0.15, 0.2) is 0 Å². The minimum atomic E-state index is 0.129. The zero-order valence-electron chi connectivity index (χ0n) is 11.7. The van der Waals surface area contributed by atoms with Gasteiger partial charge in [-0.15, -0.1) is 0 Å². The van der Waals surface area contributed by atoms with Crippen LogP contribution < -0.4 is 10.5 Å². The van der Waals surface area contributed by atoms with Gasteiger partial charge in [0, 0.05) is 25.8 Å². The molecular formula is C16H18ClN3O. The molecule has 0 saturated carbocycles. The summed E-state index contributed by atoms with van der Waals surface area (Å²) in [5.74, 6) is 0.478. The van der Waals surface area contributed by atoms with Crippen LogP contribution in [0.2, 0.25) is 5.02 Å². The van der Waals surface area contributed by atoms with Crippen molar-refractivity contribution in [2.24, 2.45) is 0 Å². The van der Waals surface area contributed by atoms with Gasteiger partial charge in [0.1, 0.15) is 6.10 Å². The largest absolute Gasteiger partial charge is 0.471 e. The van der Waals surface area contributed by atoms with Crippen molar-refractivity contribution in [2.75, 3.05) is 18.8 Å². The van der Waals surface area contributed by atoms with Gasteiger partial charge < -0.3 is 10.5 Å². The van der Waals surface area contributed by atoms with Gasteiger partial charge in [0.2, 0.25) is 5.88 Å². The number of rotatable bonds is 4. The molecule has 0 amide bonds. The quantitative estimate of drug-likeness (QED) is 0.943. The Hall–Kier alpha value is -1.78. The molecule has 2 heterocycles.